The molecule has 0 saturated carbocycles. The number of anilines is 1. The molecule has 3 fully saturated rings. The molecule has 25 heavy (non-hydrogen) atoms. The lowest BCUT2D eigenvalue weighted by Gasteiger charge is -2.29. The molecule has 5 rings (SSSR count). The second kappa shape index (κ2) is 8.07. The number of nitrogens with zero attached hydrogens (tertiary/aromatic N) is 1. The second-order valence-electron chi connectivity index (χ2n) is 7.22. The van der Waals surface area contributed by atoms with E-state index in [1.807, 2.05) is 0 Å². The van der Waals surface area contributed by atoms with Gasteiger partial charge < -0.3 is 20.3 Å². The molecule has 4 heteroatoms. The molecule has 1 aromatic carbocycles. The molecule has 0 aromatic heterocycles. The molecule has 134 valence electrons. The summed E-state index contributed by atoms with van der Waals surface area (Å²) >= 11 is 0. The molecule has 0 radical (unpaired) electrons. The summed E-state index contributed by atoms with van der Waals surface area (Å²) in [4.78, 5) is 2.41. The Bertz CT molecular complexity index is 607. The maximum atomic E-state index is 5.92. The lowest BCUT2D eigenvalue weighted by molar-refractivity contribution is 0.108. The van der Waals surface area contributed by atoms with Gasteiger partial charge in [-0.25, -0.2) is 0 Å². The molecule has 3 atom stereocenters. The van der Waals surface area contributed by atoms with Gasteiger partial charge in [-0.15, -0.1) is 0 Å². The molecule has 2 N–H and O–H groups in total. The first kappa shape index (κ1) is 16.7. The third-order valence-corrected chi connectivity index (χ3v) is 5.67. The van der Waals surface area contributed by atoms with Gasteiger partial charge in [0, 0.05) is 50.2 Å². The van der Waals surface area contributed by atoms with Crippen molar-refractivity contribution in [3.05, 3.63) is 54.3 Å². The number of allylic oxidation sites excluding steroid dienone is 4. The number of hydrogen-bond donors (Lipinski definition) is 2. The molecule has 3 heterocycles. The summed E-state index contributed by atoms with van der Waals surface area (Å²) in [5.74, 6) is 2.70. The van der Waals surface area contributed by atoms with E-state index in [9.17, 15) is 0 Å². The van der Waals surface area contributed by atoms with Crippen LogP contribution >= 0.6 is 0 Å². The van der Waals surface area contributed by atoms with Gasteiger partial charge in [-0.1, -0.05) is 30.4 Å². The normalized spacial score (nSPS) is 30.3. The number of piperidine rings is 1. The van der Waals surface area contributed by atoms with Crippen molar-refractivity contribution in [1.82, 2.24) is 10.6 Å². The summed E-state index contributed by atoms with van der Waals surface area (Å²) in [6.07, 6.45) is 9.45. The third-order valence-electron chi connectivity index (χ3n) is 5.67. The molecule has 4 aliphatic rings. The minimum atomic E-state index is 0.449. The minimum Gasteiger partial charge on any atom is -0.493 e. The zero-order valence-corrected chi connectivity index (χ0v) is 14.9. The van der Waals surface area contributed by atoms with Gasteiger partial charge in [-0.2, -0.15) is 0 Å². The number of benzene rings is 1. The smallest absolute Gasteiger partial charge is 0.114 e. The number of nitrogens with one attached hydrogen (secondary N) is 2. The van der Waals surface area contributed by atoms with Crippen molar-refractivity contribution in [1.29, 1.82) is 0 Å². The predicted molar refractivity (Wildman–Crippen MR) is 103 cm³/mol. The van der Waals surface area contributed by atoms with Crippen molar-refractivity contribution in [3.8, 4) is 0 Å². The SMILES string of the molecule is C1=CCC2C(=C1)OC1CNCCC12.c1ccc(N2CCNCC2)cc1. The molecule has 0 bridgehead atoms. The van der Waals surface area contributed by atoms with Crippen LogP contribution < -0.4 is 15.5 Å². The quantitative estimate of drug-likeness (QED) is 0.824. The van der Waals surface area contributed by atoms with Gasteiger partial charge in [-0.3, -0.25) is 0 Å². The van der Waals surface area contributed by atoms with E-state index in [0.29, 0.717) is 12.0 Å². The van der Waals surface area contributed by atoms with Crippen molar-refractivity contribution in [2.75, 3.05) is 44.2 Å². The summed E-state index contributed by atoms with van der Waals surface area (Å²) < 4.78 is 5.92. The van der Waals surface area contributed by atoms with Crippen LogP contribution in [0.5, 0.6) is 0 Å². The molecule has 0 spiro atoms. The van der Waals surface area contributed by atoms with Crippen molar-refractivity contribution < 1.29 is 4.74 Å². The number of fused-ring (bicyclic) bond motifs is 3. The average Bonchev–Trinajstić information content (AvgIpc) is 3.09. The minimum absolute atomic E-state index is 0.449. The maximum absolute atomic E-state index is 5.92. The lowest BCUT2D eigenvalue weighted by Crippen LogP contribution is -2.43. The Morgan fingerprint density at radius 2 is 1.84 bits per heavy atom. The Morgan fingerprint density at radius 1 is 1.00 bits per heavy atom. The van der Waals surface area contributed by atoms with Crippen LogP contribution in [0.2, 0.25) is 0 Å². The van der Waals surface area contributed by atoms with Gasteiger partial charge in [0.15, 0.2) is 0 Å². The van der Waals surface area contributed by atoms with E-state index in [2.05, 4.69) is 64.1 Å². The first-order chi connectivity index (χ1) is 12.4. The van der Waals surface area contributed by atoms with Crippen LogP contribution in [0, 0.1) is 11.8 Å². The molecular weight excluding hydrogens is 310 g/mol. The van der Waals surface area contributed by atoms with Crippen LogP contribution in [0.3, 0.4) is 0 Å². The molecular formula is C21H29N3O. The number of hydrogen-bond acceptors (Lipinski definition) is 4. The topological polar surface area (TPSA) is 36.5 Å². The molecule has 3 saturated heterocycles. The van der Waals surface area contributed by atoms with Crippen molar-refractivity contribution in [2.24, 2.45) is 11.8 Å². The highest BCUT2D eigenvalue weighted by Crippen LogP contribution is 2.42. The van der Waals surface area contributed by atoms with Crippen LogP contribution in [-0.2, 0) is 4.74 Å². The first-order valence-electron chi connectivity index (χ1n) is 9.66. The summed E-state index contributed by atoms with van der Waals surface area (Å²) in [6.45, 7) is 6.67. The van der Waals surface area contributed by atoms with Crippen LogP contribution in [0.4, 0.5) is 5.69 Å². The highest BCUT2D eigenvalue weighted by Gasteiger charge is 2.42. The van der Waals surface area contributed by atoms with Crippen LogP contribution in [0.15, 0.2) is 54.3 Å². The van der Waals surface area contributed by atoms with E-state index < -0.39 is 0 Å². The fourth-order valence-electron chi connectivity index (χ4n) is 4.32. The monoisotopic (exact) mass is 339 g/mol. The molecule has 4 nitrogen and oxygen atoms in total. The Balaban J connectivity index is 0.000000126. The molecule has 3 aliphatic heterocycles. The van der Waals surface area contributed by atoms with E-state index in [1.54, 1.807) is 0 Å². The summed E-state index contributed by atoms with van der Waals surface area (Å²) in [5.41, 5.74) is 1.35. The average molecular weight is 339 g/mol. The van der Waals surface area contributed by atoms with Crippen molar-refractivity contribution >= 4 is 5.69 Å². The van der Waals surface area contributed by atoms with Gasteiger partial charge in [0.25, 0.3) is 0 Å². The standard InChI is InChI=1S/C11H15NO.C10H14N2/c1-2-4-10-8(3-1)9-5-6-12-7-11(9)13-10;1-2-4-10(5-3-1)12-8-6-11-7-9-12/h1-2,4,8-9,11-12H,3,5-7H2;1-5,11H,6-9H2. The maximum Gasteiger partial charge on any atom is 0.114 e. The number of rotatable bonds is 1. The van der Waals surface area contributed by atoms with Gasteiger partial charge in [-0.05, 0) is 37.6 Å². The van der Waals surface area contributed by atoms with Gasteiger partial charge >= 0.3 is 0 Å². The largest absolute Gasteiger partial charge is 0.493 e. The van der Waals surface area contributed by atoms with Gasteiger partial charge in [0.05, 0.1) is 0 Å². The number of piperazine rings is 1. The Labute approximate surface area is 150 Å². The predicted octanol–water partition coefficient (Wildman–Crippen LogP) is 2.55. The second-order valence-corrected chi connectivity index (χ2v) is 7.22. The van der Waals surface area contributed by atoms with Gasteiger partial charge in [0.2, 0.25) is 0 Å². The Kier molecular flexibility index (Phi) is 5.38. The molecule has 1 aromatic rings. The zero-order chi connectivity index (χ0) is 16.9. The zero-order valence-electron chi connectivity index (χ0n) is 14.9. The third kappa shape index (κ3) is 3.91. The highest BCUT2D eigenvalue weighted by molar-refractivity contribution is 5.46. The van der Waals surface area contributed by atoms with Crippen LogP contribution in [0.1, 0.15) is 12.8 Å². The Hall–Kier alpha value is -1.78. The fourth-order valence-corrected chi connectivity index (χ4v) is 4.32. The van der Waals surface area contributed by atoms with Gasteiger partial charge in [0.1, 0.15) is 11.9 Å². The number of ether oxygens (including phenoxy) is 1. The van der Waals surface area contributed by atoms with E-state index in [0.717, 1.165) is 45.2 Å². The van der Waals surface area contributed by atoms with E-state index in [1.165, 1.54) is 24.3 Å². The fraction of sp³-hybridized carbons (Fsp3) is 0.524. The Morgan fingerprint density at radius 3 is 2.68 bits per heavy atom. The summed E-state index contributed by atoms with van der Waals surface area (Å²) in [5, 5.41) is 6.74. The molecule has 0 amide bonds. The van der Waals surface area contributed by atoms with E-state index >= 15 is 0 Å². The molecule has 3 unspecified atom stereocenters. The first-order valence-corrected chi connectivity index (χ1v) is 9.66. The highest BCUT2D eigenvalue weighted by atomic mass is 16.5. The number of para-hydroxylation sites is 1. The summed E-state index contributed by atoms with van der Waals surface area (Å²) in [7, 11) is 0. The van der Waals surface area contributed by atoms with E-state index in [-0.39, 0.29) is 0 Å². The summed E-state index contributed by atoms with van der Waals surface area (Å²) in [6, 6.07) is 10.6. The lowest BCUT2D eigenvalue weighted by atomic mass is 9.81. The van der Waals surface area contributed by atoms with Crippen LogP contribution in [-0.4, -0.2) is 45.4 Å². The van der Waals surface area contributed by atoms with Crippen molar-refractivity contribution in [2.45, 2.75) is 18.9 Å². The molecule has 1 aliphatic carbocycles. The van der Waals surface area contributed by atoms with Crippen molar-refractivity contribution in [3.63, 3.8) is 0 Å². The van der Waals surface area contributed by atoms with E-state index in [4.69, 9.17) is 4.74 Å². The van der Waals surface area contributed by atoms with Crippen LogP contribution in [0.25, 0.3) is 0 Å².